The zero-order valence-corrected chi connectivity index (χ0v) is 15.3. The first kappa shape index (κ1) is 17.5. The van der Waals surface area contributed by atoms with E-state index in [1.807, 2.05) is 23.6 Å². The van der Waals surface area contributed by atoms with Crippen LogP contribution in [0.1, 0.15) is 43.9 Å². The number of piperidine rings is 1. The lowest BCUT2D eigenvalue weighted by molar-refractivity contribution is 0.122. The third kappa shape index (κ3) is 4.22. The predicted molar refractivity (Wildman–Crippen MR) is 94.1 cm³/mol. The highest BCUT2D eigenvalue weighted by molar-refractivity contribution is 7.99. The first-order chi connectivity index (χ1) is 11.7. The average molecular weight is 353 g/mol. The number of thioether (sulfide) groups is 1. The van der Waals surface area contributed by atoms with E-state index in [4.69, 9.17) is 4.52 Å². The van der Waals surface area contributed by atoms with E-state index in [0.29, 0.717) is 17.8 Å². The van der Waals surface area contributed by atoms with Crippen molar-refractivity contribution in [3.05, 3.63) is 11.7 Å². The Morgan fingerprint density at radius 3 is 2.62 bits per heavy atom. The summed E-state index contributed by atoms with van der Waals surface area (Å²) in [5.41, 5.74) is 0. The number of carbonyl (C=O) groups is 1. The van der Waals surface area contributed by atoms with E-state index < -0.39 is 0 Å². The minimum atomic E-state index is -0.212. The number of aromatic nitrogens is 2. The molecule has 1 aromatic heterocycles. The van der Waals surface area contributed by atoms with Crippen molar-refractivity contribution in [2.75, 3.05) is 37.7 Å². The van der Waals surface area contributed by atoms with Gasteiger partial charge >= 0.3 is 6.03 Å². The normalized spacial score (nSPS) is 21.7. The SMILES string of the molecule is CC[C@@H](NC(=O)N1CCC(N2CCSCC2)CC1)c1nc(C)no1. The predicted octanol–water partition coefficient (Wildman–Crippen LogP) is 2.05. The molecule has 1 N–H and O–H groups in total. The summed E-state index contributed by atoms with van der Waals surface area (Å²) >= 11 is 2.04. The van der Waals surface area contributed by atoms with E-state index >= 15 is 0 Å². The van der Waals surface area contributed by atoms with Gasteiger partial charge in [-0.3, -0.25) is 4.90 Å². The topological polar surface area (TPSA) is 74.5 Å². The Kier molecular flexibility index (Phi) is 5.99. The van der Waals surface area contributed by atoms with Gasteiger partial charge in [-0.05, 0) is 26.2 Å². The van der Waals surface area contributed by atoms with Crippen LogP contribution in [0.2, 0.25) is 0 Å². The smallest absolute Gasteiger partial charge is 0.318 e. The molecule has 24 heavy (non-hydrogen) atoms. The van der Waals surface area contributed by atoms with Gasteiger partial charge in [-0.2, -0.15) is 16.7 Å². The van der Waals surface area contributed by atoms with Gasteiger partial charge in [-0.15, -0.1) is 0 Å². The molecule has 0 unspecified atom stereocenters. The van der Waals surface area contributed by atoms with Crippen LogP contribution < -0.4 is 5.32 Å². The fourth-order valence-corrected chi connectivity index (χ4v) is 4.34. The summed E-state index contributed by atoms with van der Waals surface area (Å²) in [5, 5.41) is 6.84. The molecule has 7 nitrogen and oxygen atoms in total. The molecule has 0 radical (unpaired) electrons. The monoisotopic (exact) mass is 353 g/mol. The van der Waals surface area contributed by atoms with Gasteiger partial charge in [0.15, 0.2) is 5.82 Å². The molecule has 2 fully saturated rings. The van der Waals surface area contributed by atoms with E-state index in [9.17, 15) is 4.79 Å². The van der Waals surface area contributed by atoms with Gasteiger partial charge in [0.2, 0.25) is 5.89 Å². The molecular weight excluding hydrogens is 326 g/mol. The van der Waals surface area contributed by atoms with Crippen LogP contribution in [-0.4, -0.2) is 69.7 Å². The van der Waals surface area contributed by atoms with Gasteiger partial charge in [0, 0.05) is 43.7 Å². The van der Waals surface area contributed by atoms with Gasteiger partial charge in [-0.1, -0.05) is 12.1 Å². The highest BCUT2D eigenvalue weighted by atomic mass is 32.2. The first-order valence-corrected chi connectivity index (χ1v) is 10.00. The summed E-state index contributed by atoms with van der Waals surface area (Å²) in [6, 6.07) is 0.399. The van der Waals surface area contributed by atoms with Crippen molar-refractivity contribution >= 4 is 17.8 Å². The Balaban J connectivity index is 1.49. The van der Waals surface area contributed by atoms with Gasteiger partial charge in [0.25, 0.3) is 0 Å². The molecule has 0 bridgehead atoms. The zero-order valence-electron chi connectivity index (χ0n) is 14.5. The van der Waals surface area contributed by atoms with Crippen LogP contribution in [0.15, 0.2) is 4.52 Å². The number of hydrogen-bond acceptors (Lipinski definition) is 6. The molecule has 3 rings (SSSR count). The van der Waals surface area contributed by atoms with Crippen molar-refractivity contribution in [3.8, 4) is 0 Å². The molecule has 0 spiro atoms. The number of nitrogens with zero attached hydrogens (tertiary/aromatic N) is 4. The molecular formula is C16H27N5O2S. The van der Waals surface area contributed by atoms with Crippen LogP contribution in [0.4, 0.5) is 4.79 Å². The van der Waals surface area contributed by atoms with Crippen molar-refractivity contribution < 1.29 is 9.32 Å². The molecule has 1 aromatic rings. The fourth-order valence-electron chi connectivity index (χ4n) is 3.41. The molecule has 2 amide bonds. The molecule has 3 heterocycles. The lowest BCUT2D eigenvalue weighted by Gasteiger charge is -2.40. The average Bonchev–Trinajstić information content (AvgIpc) is 3.06. The van der Waals surface area contributed by atoms with Crippen LogP contribution >= 0.6 is 11.8 Å². The summed E-state index contributed by atoms with van der Waals surface area (Å²) in [6.07, 6.45) is 2.86. The number of urea groups is 1. The highest BCUT2D eigenvalue weighted by Crippen LogP contribution is 2.21. The molecule has 2 saturated heterocycles. The van der Waals surface area contributed by atoms with Crippen LogP contribution in [0.25, 0.3) is 0 Å². The Hall–Kier alpha value is -1.28. The fraction of sp³-hybridized carbons (Fsp3) is 0.812. The second-order valence-electron chi connectivity index (χ2n) is 6.46. The van der Waals surface area contributed by atoms with Crippen molar-refractivity contribution in [2.45, 2.75) is 45.2 Å². The van der Waals surface area contributed by atoms with Crippen molar-refractivity contribution in [1.82, 2.24) is 25.3 Å². The molecule has 1 atom stereocenters. The number of aryl methyl sites for hydroxylation is 1. The zero-order chi connectivity index (χ0) is 16.9. The number of amides is 2. The lowest BCUT2D eigenvalue weighted by Crippen LogP contribution is -2.51. The Morgan fingerprint density at radius 1 is 1.33 bits per heavy atom. The largest absolute Gasteiger partial charge is 0.337 e. The maximum atomic E-state index is 12.5. The summed E-state index contributed by atoms with van der Waals surface area (Å²) in [6.45, 7) is 7.81. The van der Waals surface area contributed by atoms with E-state index in [0.717, 1.165) is 32.4 Å². The van der Waals surface area contributed by atoms with Crippen LogP contribution in [0, 0.1) is 6.92 Å². The second-order valence-corrected chi connectivity index (χ2v) is 7.68. The second kappa shape index (κ2) is 8.20. The van der Waals surface area contributed by atoms with Gasteiger partial charge in [0.05, 0.1) is 0 Å². The van der Waals surface area contributed by atoms with Crippen molar-refractivity contribution in [3.63, 3.8) is 0 Å². The van der Waals surface area contributed by atoms with Crippen LogP contribution in [0.3, 0.4) is 0 Å². The minimum absolute atomic E-state index is 0.0228. The summed E-state index contributed by atoms with van der Waals surface area (Å²) in [7, 11) is 0. The van der Waals surface area contributed by atoms with E-state index in [1.54, 1.807) is 6.92 Å². The Bertz CT molecular complexity index is 538. The standard InChI is InChI=1S/C16H27N5O2S/c1-3-14(15-17-12(2)19-23-15)18-16(22)21-6-4-13(5-7-21)20-8-10-24-11-9-20/h13-14H,3-11H2,1-2H3,(H,18,22)/t14-/m1/s1. The highest BCUT2D eigenvalue weighted by Gasteiger charge is 2.29. The Morgan fingerprint density at radius 2 is 2.04 bits per heavy atom. The third-order valence-electron chi connectivity index (χ3n) is 4.86. The molecule has 2 aliphatic rings. The lowest BCUT2D eigenvalue weighted by atomic mass is 10.0. The summed E-state index contributed by atoms with van der Waals surface area (Å²) < 4.78 is 5.20. The maximum absolute atomic E-state index is 12.5. The van der Waals surface area contributed by atoms with Crippen LogP contribution in [-0.2, 0) is 0 Å². The first-order valence-electron chi connectivity index (χ1n) is 8.84. The number of likely N-dealkylation sites (tertiary alicyclic amines) is 1. The minimum Gasteiger partial charge on any atom is -0.337 e. The quantitative estimate of drug-likeness (QED) is 0.893. The summed E-state index contributed by atoms with van der Waals surface area (Å²) in [4.78, 5) is 21.3. The molecule has 0 saturated carbocycles. The third-order valence-corrected chi connectivity index (χ3v) is 5.80. The number of hydrogen-bond donors (Lipinski definition) is 1. The van der Waals surface area contributed by atoms with Crippen LogP contribution in [0.5, 0.6) is 0 Å². The van der Waals surface area contributed by atoms with E-state index in [-0.39, 0.29) is 12.1 Å². The van der Waals surface area contributed by atoms with E-state index in [1.165, 1.54) is 24.6 Å². The number of nitrogens with one attached hydrogen (secondary N) is 1. The number of carbonyl (C=O) groups excluding carboxylic acids is 1. The Labute approximate surface area is 147 Å². The van der Waals surface area contributed by atoms with Gasteiger partial charge in [-0.25, -0.2) is 4.79 Å². The molecule has 0 aliphatic carbocycles. The molecule has 134 valence electrons. The van der Waals surface area contributed by atoms with Gasteiger partial charge in [0.1, 0.15) is 6.04 Å². The van der Waals surface area contributed by atoms with Crippen molar-refractivity contribution in [2.24, 2.45) is 0 Å². The van der Waals surface area contributed by atoms with Crippen molar-refractivity contribution in [1.29, 1.82) is 0 Å². The summed E-state index contributed by atoms with van der Waals surface area (Å²) in [5.74, 6) is 3.56. The maximum Gasteiger partial charge on any atom is 0.318 e. The molecule has 0 aromatic carbocycles. The van der Waals surface area contributed by atoms with E-state index in [2.05, 4.69) is 20.4 Å². The van der Waals surface area contributed by atoms with Gasteiger partial charge < -0.3 is 14.7 Å². The molecule has 8 heteroatoms. The number of rotatable bonds is 4. The molecule has 2 aliphatic heterocycles.